The lowest BCUT2D eigenvalue weighted by Gasteiger charge is -2.11. The highest BCUT2D eigenvalue weighted by Crippen LogP contribution is 2.28. The molecule has 1 heterocycles. The van der Waals surface area contributed by atoms with Gasteiger partial charge in [0.05, 0.1) is 24.7 Å². The minimum atomic E-state index is -0.187. The van der Waals surface area contributed by atoms with E-state index in [1.54, 1.807) is 30.2 Å². The number of ether oxygens (including phenoxy) is 2. The molecule has 0 bridgehead atoms. The Morgan fingerprint density at radius 2 is 1.83 bits per heavy atom. The van der Waals surface area contributed by atoms with Crippen LogP contribution in [0, 0.1) is 0 Å². The molecule has 0 aliphatic rings. The average Bonchev–Trinajstić information content (AvgIpc) is 3.22. The molecule has 2 aromatic carbocycles. The number of carbonyl (C=O) groups is 1. The maximum atomic E-state index is 12.4. The van der Waals surface area contributed by atoms with Crippen molar-refractivity contribution in [3.05, 3.63) is 59.6 Å². The number of aromatic nitrogens is 1. The van der Waals surface area contributed by atoms with Crippen molar-refractivity contribution in [3.8, 4) is 22.1 Å². The summed E-state index contributed by atoms with van der Waals surface area (Å²) in [6, 6.07) is 15.3. The van der Waals surface area contributed by atoms with Crippen molar-refractivity contribution in [2.75, 3.05) is 19.0 Å². The second-order valence-corrected chi connectivity index (χ2v) is 8.46. The molecule has 3 rings (SSSR count). The molecule has 1 atom stereocenters. The smallest absolute Gasteiger partial charge is 0.237 e. The fourth-order valence-electron chi connectivity index (χ4n) is 2.57. The van der Waals surface area contributed by atoms with Gasteiger partial charge < -0.3 is 14.8 Å². The van der Waals surface area contributed by atoms with Crippen LogP contribution in [-0.2, 0) is 10.5 Å². The highest BCUT2D eigenvalue weighted by molar-refractivity contribution is 7.99. The Morgan fingerprint density at radius 3 is 2.48 bits per heavy atom. The van der Waals surface area contributed by atoms with Crippen molar-refractivity contribution < 1.29 is 14.3 Å². The van der Waals surface area contributed by atoms with Gasteiger partial charge in [-0.25, -0.2) is 4.98 Å². The number of anilines is 1. The fourth-order valence-corrected chi connectivity index (χ4v) is 4.28. The molecule has 5 nitrogen and oxygen atoms in total. The summed E-state index contributed by atoms with van der Waals surface area (Å²) in [6.07, 6.45) is 0. The van der Waals surface area contributed by atoms with E-state index < -0.39 is 0 Å². The Bertz CT molecular complexity index is 924. The number of amides is 1. The Kier molecular flexibility index (Phi) is 7.55. The first kappa shape index (κ1) is 21.2. The van der Waals surface area contributed by atoms with Gasteiger partial charge in [-0.05, 0) is 62.4 Å². The number of nitrogens with zero attached hydrogens (tertiary/aromatic N) is 1. The molecule has 0 spiro atoms. The van der Waals surface area contributed by atoms with Gasteiger partial charge in [-0.2, -0.15) is 0 Å². The summed E-state index contributed by atoms with van der Waals surface area (Å²) in [5, 5.41) is 5.76. The first-order valence-electron chi connectivity index (χ1n) is 9.33. The molecule has 0 radical (unpaired) electrons. The first-order chi connectivity index (χ1) is 14.1. The molecule has 0 aliphatic heterocycles. The predicted octanol–water partition coefficient (Wildman–Crippen LogP) is 5.48. The van der Waals surface area contributed by atoms with Gasteiger partial charge in [0.1, 0.15) is 16.5 Å². The summed E-state index contributed by atoms with van der Waals surface area (Å²) in [5.41, 5.74) is 2.81. The number of nitrogens with one attached hydrogen (secondary N) is 1. The van der Waals surface area contributed by atoms with Crippen LogP contribution in [0.4, 0.5) is 5.69 Å². The highest BCUT2D eigenvalue weighted by Gasteiger charge is 2.15. The standard InChI is InChI=1S/C22H24N2O3S2/c1-4-27-20-9-5-16(6-10-20)22-24-18(14-29-22)13-28-15(2)21(25)23-17-7-11-19(26-3)12-8-17/h5-12,14-15H,4,13H2,1-3H3,(H,23,25)/t15-/m0/s1. The molecule has 0 saturated carbocycles. The number of methoxy groups -OCH3 is 1. The largest absolute Gasteiger partial charge is 0.497 e. The fraction of sp³-hybridized carbons (Fsp3) is 0.273. The lowest BCUT2D eigenvalue weighted by molar-refractivity contribution is -0.115. The average molecular weight is 429 g/mol. The Labute approximate surface area is 179 Å². The minimum Gasteiger partial charge on any atom is -0.497 e. The van der Waals surface area contributed by atoms with E-state index in [1.165, 1.54) is 0 Å². The number of rotatable bonds is 9. The molecule has 0 unspecified atom stereocenters. The highest BCUT2D eigenvalue weighted by atomic mass is 32.2. The zero-order chi connectivity index (χ0) is 20.6. The van der Waals surface area contributed by atoms with Crippen LogP contribution in [-0.4, -0.2) is 29.9 Å². The third-order valence-corrected chi connectivity index (χ3v) is 6.29. The molecule has 1 amide bonds. The molecule has 1 N–H and O–H groups in total. The van der Waals surface area contributed by atoms with Crippen LogP contribution >= 0.6 is 23.1 Å². The van der Waals surface area contributed by atoms with Crippen LogP contribution in [0.15, 0.2) is 53.9 Å². The quantitative estimate of drug-likeness (QED) is 0.489. The molecule has 3 aromatic rings. The lowest BCUT2D eigenvalue weighted by atomic mass is 10.2. The monoisotopic (exact) mass is 428 g/mol. The topological polar surface area (TPSA) is 60.5 Å². The number of thiazole rings is 1. The number of hydrogen-bond acceptors (Lipinski definition) is 6. The van der Waals surface area contributed by atoms with Gasteiger partial charge in [0.25, 0.3) is 0 Å². The molecule has 0 aliphatic carbocycles. The normalized spacial score (nSPS) is 11.7. The van der Waals surface area contributed by atoms with E-state index in [2.05, 4.69) is 5.32 Å². The SMILES string of the molecule is CCOc1ccc(-c2nc(CS[C@@H](C)C(=O)Nc3ccc(OC)cc3)cs2)cc1. The van der Waals surface area contributed by atoms with Gasteiger partial charge in [-0.1, -0.05) is 0 Å². The summed E-state index contributed by atoms with van der Waals surface area (Å²) in [6.45, 7) is 4.53. The predicted molar refractivity (Wildman–Crippen MR) is 121 cm³/mol. The third-order valence-electron chi connectivity index (χ3n) is 4.17. The van der Waals surface area contributed by atoms with Gasteiger partial charge in [-0.3, -0.25) is 4.79 Å². The summed E-state index contributed by atoms with van der Waals surface area (Å²) in [4.78, 5) is 17.1. The molecular formula is C22H24N2O3S2. The van der Waals surface area contributed by atoms with Crippen LogP contribution in [0.25, 0.3) is 10.6 Å². The number of benzene rings is 2. The summed E-state index contributed by atoms with van der Waals surface area (Å²) < 4.78 is 10.6. The number of carbonyl (C=O) groups excluding carboxylic acids is 1. The number of hydrogen-bond donors (Lipinski definition) is 1. The first-order valence-corrected chi connectivity index (χ1v) is 11.3. The van der Waals surface area contributed by atoms with Crippen LogP contribution in [0.3, 0.4) is 0 Å². The molecule has 29 heavy (non-hydrogen) atoms. The van der Waals surface area contributed by atoms with E-state index >= 15 is 0 Å². The summed E-state index contributed by atoms with van der Waals surface area (Å²) >= 11 is 3.18. The molecule has 0 saturated heterocycles. The van der Waals surface area contributed by atoms with Crippen molar-refractivity contribution in [3.63, 3.8) is 0 Å². The van der Waals surface area contributed by atoms with Gasteiger partial charge in [0, 0.05) is 22.4 Å². The molecule has 0 fully saturated rings. The van der Waals surface area contributed by atoms with Gasteiger partial charge >= 0.3 is 0 Å². The number of thioether (sulfide) groups is 1. The van der Waals surface area contributed by atoms with Crippen LogP contribution < -0.4 is 14.8 Å². The Balaban J connectivity index is 1.52. The van der Waals surface area contributed by atoms with E-state index in [9.17, 15) is 4.79 Å². The Hall–Kier alpha value is -2.51. The second kappa shape index (κ2) is 10.3. The molecular weight excluding hydrogens is 404 g/mol. The van der Waals surface area contributed by atoms with Crippen molar-refractivity contribution in [1.29, 1.82) is 0 Å². The van der Waals surface area contributed by atoms with E-state index in [0.717, 1.165) is 33.5 Å². The molecule has 152 valence electrons. The van der Waals surface area contributed by atoms with Gasteiger partial charge in [-0.15, -0.1) is 23.1 Å². The van der Waals surface area contributed by atoms with Crippen molar-refractivity contribution in [2.24, 2.45) is 0 Å². The van der Waals surface area contributed by atoms with Crippen LogP contribution in [0.1, 0.15) is 19.5 Å². The summed E-state index contributed by atoms with van der Waals surface area (Å²) in [5.74, 6) is 2.28. The maximum Gasteiger partial charge on any atom is 0.237 e. The van der Waals surface area contributed by atoms with Gasteiger partial charge in [0.2, 0.25) is 5.91 Å². The van der Waals surface area contributed by atoms with Crippen molar-refractivity contribution in [1.82, 2.24) is 4.98 Å². The third kappa shape index (κ3) is 5.98. The van der Waals surface area contributed by atoms with Crippen LogP contribution in [0.5, 0.6) is 11.5 Å². The van der Waals surface area contributed by atoms with E-state index in [-0.39, 0.29) is 11.2 Å². The lowest BCUT2D eigenvalue weighted by Crippen LogP contribution is -2.22. The van der Waals surface area contributed by atoms with E-state index in [0.29, 0.717) is 12.4 Å². The zero-order valence-corrected chi connectivity index (χ0v) is 18.3. The minimum absolute atomic E-state index is 0.0258. The maximum absolute atomic E-state index is 12.4. The molecule has 1 aromatic heterocycles. The van der Waals surface area contributed by atoms with Crippen molar-refractivity contribution in [2.45, 2.75) is 24.9 Å². The van der Waals surface area contributed by atoms with E-state index in [4.69, 9.17) is 14.5 Å². The van der Waals surface area contributed by atoms with Crippen LogP contribution in [0.2, 0.25) is 0 Å². The summed E-state index contributed by atoms with van der Waals surface area (Å²) in [7, 11) is 1.62. The zero-order valence-electron chi connectivity index (χ0n) is 16.7. The van der Waals surface area contributed by atoms with E-state index in [1.807, 2.05) is 67.8 Å². The second-order valence-electron chi connectivity index (χ2n) is 6.27. The van der Waals surface area contributed by atoms with Crippen molar-refractivity contribution >= 4 is 34.7 Å². The molecule has 7 heteroatoms. The Morgan fingerprint density at radius 1 is 1.14 bits per heavy atom. The van der Waals surface area contributed by atoms with Gasteiger partial charge in [0.15, 0.2) is 0 Å².